The number of Topliss-reactive ketones (excluding diaryl/α,β-unsaturated/α-hetero) is 1. The van der Waals surface area contributed by atoms with Crippen molar-refractivity contribution in [3.8, 4) is 5.75 Å². The van der Waals surface area contributed by atoms with E-state index in [1.807, 2.05) is 36.4 Å². The lowest BCUT2D eigenvalue weighted by molar-refractivity contribution is 0.0976. The van der Waals surface area contributed by atoms with Crippen LogP contribution in [0.25, 0.3) is 0 Å². The van der Waals surface area contributed by atoms with Crippen LogP contribution in [0.3, 0.4) is 0 Å². The van der Waals surface area contributed by atoms with Gasteiger partial charge in [-0.25, -0.2) is 0 Å². The molecule has 0 bridgehead atoms. The average molecular weight is 353 g/mol. The van der Waals surface area contributed by atoms with Gasteiger partial charge in [0.15, 0.2) is 5.78 Å². The van der Waals surface area contributed by atoms with E-state index in [2.05, 4.69) is 26.8 Å². The van der Waals surface area contributed by atoms with Crippen LogP contribution in [0.15, 0.2) is 48.5 Å². The fraction of sp³-hybridized carbons (Fsp3) is 0.458. The Bertz CT molecular complexity index is 716. The highest BCUT2D eigenvalue weighted by Gasteiger charge is 2.26. The molecule has 1 N–H and O–H groups in total. The first-order valence-electron chi connectivity index (χ1n) is 9.85. The highest BCUT2D eigenvalue weighted by molar-refractivity contribution is 5.97. The summed E-state index contributed by atoms with van der Waals surface area (Å²) in [6, 6.07) is 15.4. The van der Waals surface area contributed by atoms with Crippen molar-refractivity contribution in [3.63, 3.8) is 0 Å². The molecule has 0 saturated heterocycles. The van der Waals surface area contributed by atoms with E-state index < -0.39 is 0 Å². The molecule has 0 atom stereocenters. The highest BCUT2D eigenvalue weighted by Crippen LogP contribution is 2.33. The fourth-order valence-corrected chi connectivity index (χ4v) is 3.57. The Labute approximate surface area is 158 Å². The lowest BCUT2D eigenvalue weighted by atomic mass is 9.76. The zero-order valence-electron chi connectivity index (χ0n) is 16.4. The normalized spacial score (nSPS) is 11.5. The lowest BCUT2D eigenvalue weighted by Gasteiger charge is -2.28. The van der Waals surface area contributed by atoms with Gasteiger partial charge in [0.05, 0.1) is 0 Å². The van der Waals surface area contributed by atoms with Gasteiger partial charge in [-0.15, -0.1) is 0 Å². The molecule has 0 radical (unpaired) electrons. The number of phenols is 1. The first kappa shape index (κ1) is 20.2. The van der Waals surface area contributed by atoms with E-state index in [0.717, 1.165) is 29.5 Å². The summed E-state index contributed by atoms with van der Waals surface area (Å²) in [4.78, 5) is 12.8. The minimum atomic E-state index is -0.229. The topological polar surface area (TPSA) is 37.3 Å². The quantitative estimate of drug-likeness (QED) is 0.394. The van der Waals surface area contributed by atoms with E-state index in [-0.39, 0.29) is 11.2 Å². The summed E-state index contributed by atoms with van der Waals surface area (Å²) in [5, 5.41) is 10.1. The number of benzene rings is 2. The molecule has 0 fully saturated rings. The molecule has 0 aliphatic rings. The van der Waals surface area contributed by atoms with Crippen LogP contribution in [0.4, 0.5) is 0 Å². The standard InChI is InChI=1S/C24H32O2/c1-4-5-6-7-8-17-23(26)20-14-10-11-15-21(20)24(2,3)18-19-13-9-12-16-22(19)25/h9-16,25H,4-8,17-18H2,1-3H3. The van der Waals surface area contributed by atoms with Crippen molar-refractivity contribution in [1.82, 2.24) is 0 Å². The van der Waals surface area contributed by atoms with Crippen LogP contribution in [0, 0.1) is 0 Å². The molecule has 0 aromatic heterocycles. The summed E-state index contributed by atoms with van der Waals surface area (Å²) >= 11 is 0. The van der Waals surface area contributed by atoms with Gasteiger partial charge in [0.2, 0.25) is 0 Å². The third kappa shape index (κ3) is 5.45. The van der Waals surface area contributed by atoms with Gasteiger partial charge in [-0.1, -0.05) is 88.9 Å². The number of ketones is 1. The molecule has 0 heterocycles. The summed E-state index contributed by atoms with van der Waals surface area (Å²) in [5.74, 6) is 0.558. The van der Waals surface area contributed by atoms with Crippen LogP contribution in [0.1, 0.15) is 80.8 Å². The molecule has 0 aliphatic heterocycles. The van der Waals surface area contributed by atoms with Crippen molar-refractivity contribution in [2.45, 2.75) is 71.1 Å². The number of unbranched alkanes of at least 4 members (excludes halogenated alkanes) is 4. The monoisotopic (exact) mass is 352 g/mol. The predicted octanol–water partition coefficient (Wildman–Crippen LogP) is 6.46. The predicted molar refractivity (Wildman–Crippen MR) is 109 cm³/mol. The van der Waals surface area contributed by atoms with E-state index in [0.29, 0.717) is 18.6 Å². The molecule has 2 aromatic carbocycles. The van der Waals surface area contributed by atoms with E-state index in [1.54, 1.807) is 6.07 Å². The summed E-state index contributed by atoms with van der Waals surface area (Å²) in [6.07, 6.45) is 7.09. The molecule has 0 unspecified atom stereocenters. The smallest absolute Gasteiger partial charge is 0.163 e. The molecule has 2 rings (SSSR count). The van der Waals surface area contributed by atoms with E-state index in [4.69, 9.17) is 0 Å². The number of para-hydroxylation sites is 1. The summed E-state index contributed by atoms with van der Waals surface area (Å²) in [6.45, 7) is 6.49. The fourth-order valence-electron chi connectivity index (χ4n) is 3.57. The second-order valence-corrected chi connectivity index (χ2v) is 7.82. The maximum atomic E-state index is 12.8. The van der Waals surface area contributed by atoms with Gasteiger partial charge in [-0.05, 0) is 35.4 Å². The van der Waals surface area contributed by atoms with Crippen molar-refractivity contribution >= 4 is 5.78 Å². The number of hydrogen-bond acceptors (Lipinski definition) is 2. The Morgan fingerprint density at radius 3 is 2.31 bits per heavy atom. The van der Waals surface area contributed by atoms with E-state index >= 15 is 0 Å². The maximum Gasteiger partial charge on any atom is 0.163 e. The van der Waals surface area contributed by atoms with Crippen LogP contribution >= 0.6 is 0 Å². The first-order valence-corrected chi connectivity index (χ1v) is 9.85. The number of hydrogen-bond donors (Lipinski definition) is 1. The molecule has 26 heavy (non-hydrogen) atoms. The lowest BCUT2D eigenvalue weighted by Crippen LogP contribution is -2.24. The van der Waals surface area contributed by atoms with Crippen LogP contribution in [0.5, 0.6) is 5.75 Å². The van der Waals surface area contributed by atoms with Gasteiger partial charge < -0.3 is 5.11 Å². The Hall–Kier alpha value is -2.09. The summed E-state index contributed by atoms with van der Waals surface area (Å²) < 4.78 is 0. The third-order valence-corrected chi connectivity index (χ3v) is 5.09. The van der Waals surface area contributed by atoms with Crippen molar-refractivity contribution in [3.05, 3.63) is 65.2 Å². The minimum Gasteiger partial charge on any atom is -0.508 e. The molecule has 0 spiro atoms. The Morgan fingerprint density at radius 2 is 1.58 bits per heavy atom. The number of carbonyl (C=O) groups is 1. The van der Waals surface area contributed by atoms with Crippen LogP contribution in [-0.4, -0.2) is 10.9 Å². The van der Waals surface area contributed by atoms with Gasteiger partial charge in [-0.2, -0.15) is 0 Å². The molecule has 2 heteroatoms. The number of phenolic OH excluding ortho intramolecular Hbond substituents is 1. The van der Waals surface area contributed by atoms with Crippen LogP contribution in [0.2, 0.25) is 0 Å². The average Bonchev–Trinajstić information content (AvgIpc) is 2.63. The molecular weight excluding hydrogens is 320 g/mol. The summed E-state index contributed by atoms with van der Waals surface area (Å²) in [5.41, 5.74) is 2.59. The van der Waals surface area contributed by atoms with E-state index in [1.165, 1.54) is 19.3 Å². The summed E-state index contributed by atoms with van der Waals surface area (Å²) in [7, 11) is 0. The molecular formula is C24H32O2. The van der Waals surface area contributed by atoms with Crippen molar-refractivity contribution in [2.24, 2.45) is 0 Å². The van der Waals surface area contributed by atoms with Gasteiger partial charge in [0, 0.05) is 12.0 Å². The highest BCUT2D eigenvalue weighted by atomic mass is 16.3. The molecule has 140 valence electrons. The van der Waals surface area contributed by atoms with Gasteiger partial charge in [-0.3, -0.25) is 4.79 Å². The van der Waals surface area contributed by atoms with Crippen molar-refractivity contribution in [2.75, 3.05) is 0 Å². The zero-order valence-corrected chi connectivity index (χ0v) is 16.4. The van der Waals surface area contributed by atoms with Crippen LogP contribution in [-0.2, 0) is 11.8 Å². The first-order chi connectivity index (χ1) is 12.5. The minimum absolute atomic E-state index is 0.229. The zero-order chi connectivity index (χ0) is 19.0. The largest absolute Gasteiger partial charge is 0.508 e. The van der Waals surface area contributed by atoms with Gasteiger partial charge in [0.25, 0.3) is 0 Å². The molecule has 0 aliphatic carbocycles. The van der Waals surface area contributed by atoms with Gasteiger partial charge in [0.1, 0.15) is 5.75 Å². The Balaban J connectivity index is 2.14. The number of carbonyl (C=O) groups excluding carboxylic acids is 1. The second-order valence-electron chi connectivity index (χ2n) is 7.82. The Kier molecular flexibility index (Phi) is 7.44. The number of rotatable bonds is 10. The number of aromatic hydroxyl groups is 1. The maximum absolute atomic E-state index is 12.8. The molecule has 0 saturated carbocycles. The molecule has 0 amide bonds. The van der Waals surface area contributed by atoms with Crippen molar-refractivity contribution in [1.29, 1.82) is 0 Å². The van der Waals surface area contributed by atoms with Gasteiger partial charge >= 0.3 is 0 Å². The van der Waals surface area contributed by atoms with Crippen molar-refractivity contribution < 1.29 is 9.90 Å². The van der Waals surface area contributed by atoms with E-state index in [9.17, 15) is 9.90 Å². The third-order valence-electron chi connectivity index (χ3n) is 5.09. The second kappa shape index (κ2) is 9.56. The van der Waals surface area contributed by atoms with Crippen LogP contribution < -0.4 is 0 Å². The Morgan fingerprint density at radius 1 is 0.923 bits per heavy atom. The SMILES string of the molecule is CCCCCCCC(=O)c1ccccc1C(C)(C)Cc1ccccc1O. The molecule has 2 nitrogen and oxygen atoms in total. The molecule has 2 aromatic rings.